The number of hydrogen-bond acceptors (Lipinski definition) is 4. The highest BCUT2D eigenvalue weighted by Crippen LogP contribution is 2.35. The fraction of sp³-hybridized carbons (Fsp3) is 0.250. The monoisotopic (exact) mass is 295 g/mol. The second-order valence-corrected chi connectivity index (χ2v) is 5.96. The molecule has 1 atom stereocenters. The predicted molar refractivity (Wildman–Crippen MR) is 62.3 cm³/mol. The molecule has 0 saturated heterocycles. The van der Waals surface area contributed by atoms with Gasteiger partial charge in [0, 0.05) is 16.7 Å². The molecule has 1 amide bonds. The maximum absolute atomic E-state index is 10.9. The van der Waals surface area contributed by atoms with Crippen molar-refractivity contribution < 1.29 is 34.2 Å². The first-order valence-electron chi connectivity index (χ1n) is 4.56. The normalized spacial score (nSPS) is 13.0. The Morgan fingerprint density at radius 3 is 2.39 bits per heavy atom. The van der Waals surface area contributed by atoms with Gasteiger partial charge in [0.15, 0.2) is 0 Å². The van der Waals surface area contributed by atoms with E-state index >= 15 is 0 Å². The lowest BCUT2D eigenvalue weighted by Gasteiger charge is -2.10. The van der Waals surface area contributed by atoms with Crippen molar-refractivity contribution >= 4 is 36.3 Å². The fourth-order valence-corrected chi connectivity index (χ4v) is 3.10. The molecule has 1 aromatic rings. The average Bonchev–Trinajstić information content (AvgIpc) is 2.63. The molecule has 0 bridgehead atoms. The molecular formula is C8H10NO7PS. The van der Waals surface area contributed by atoms with E-state index in [1.165, 1.54) is 11.4 Å². The number of aliphatic carboxylic acids is 1. The molecule has 5 N–H and O–H groups in total. The molecule has 0 aliphatic rings. The van der Waals surface area contributed by atoms with Crippen LogP contribution in [0.15, 0.2) is 11.4 Å². The number of carboxylic acids is 1. The van der Waals surface area contributed by atoms with E-state index < -0.39 is 25.7 Å². The van der Waals surface area contributed by atoms with E-state index in [4.69, 9.17) is 20.0 Å². The van der Waals surface area contributed by atoms with Gasteiger partial charge in [-0.1, -0.05) is 0 Å². The summed E-state index contributed by atoms with van der Waals surface area (Å²) < 4.78 is 10.9. The number of carbonyl (C=O) groups is 2. The van der Waals surface area contributed by atoms with Crippen molar-refractivity contribution in [2.24, 2.45) is 0 Å². The highest BCUT2D eigenvalue weighted by atomic mass is 32.1. The quantitative estimate of drug-likeness (QED) is 0.473. The maximum Gasteiger partial charge on any atom is 0.405 e. The van der Waals surface area contributed by atoms with Crippen molar-refractivity contribution in [1.29, 1.82) is 0 Å². The summed E-state index contributed by atoms with van der Waals surface area (Å²) in [5.74, 6) is -1.36. The van der Waals surface area contributed by atoms with Gasteiger partial charge in [0.1, 0.15) is 6.04 Å². The van der Waals surface area contributed by atoms with Crippen LogP contribution in [0.2, 0.25) is 0 Å². The van der Waals surface area contributed by atoms with E-state index in [2.05, 4.69) is 0 Å². The Bertz CT molecular complexity index is 507. The second-order valence-electron chi connectivity index (χ2n) is 3.36. The third kappa shape index (κ3) is 4.11. The van der Waals surface area contributed by atoms with Gasteiger partial charge in [-0.25, -0.2) is 9.59 Å². The summed E-state index contributed by atoms with van der Waals surface area (Å²) in [6, 6.07) is -0.184. The predicted octanol–water partition coefficient (Wildman–Crippen LogP) is -0.186. The molecule has 0 fully saturated rings. The summed E-state index contributed by atoms with van der Waals surface area (Å²) in [4.78, 5) is 39.3. The molecular weight excluding hydrogens is 285 g/mol. The molecule has 0 aliphatic heterocycles. The minimum Gasteiger partial charge on any atom is -0.480 e. The Morgan fingerprint density at radius 2 is 2.00 bits per heavy atom. The second kappa shape index (κ2) is 5.49. The van der Waals surface area contributed by atoms with Crippen LogP contribution in [-0.2, 0) is 15.8 Å². The molecule has 100 valence electrons. The van der Waals surface area contributed by atoms with Crippen LogP contribution in [0, 0.1) is 0 Å². The minimum atomic E-state index is -4.37. The van der Waals surface area contributed by atoms with E-state index in [1.54, 1.807) is 5.32 Å². The van der Waals surface area contributed by atoms with Gasteiger partial charge in [0.2, 0.25) is 0 Å². The zero-order valence-electron chi connectivity index (χ0n) is 8.81. The zero-order valence-corrected chi connectivity index (χ0v) is 10.5. The molecule has 18 heavy (non-hydrogen) atoms. The summed E-state index contributed by atoms with van der Waals surface area (Å²) in [6.07, 6.45) is -1.65. The van der Waals surface area contributed by atoms with Gasteiger partial charge in [-0.15, -0.1) is 11.3 Å². The Labute approximate surface area is 105 Å². The lowest BCUT2D eigenvalue weighted by atomic mass is 10.2. The van der Waals surface area contributed by atoms with Gasteiger partial charge in [-0.05, 0) is 6.07 Å². The summed E-state index contributed by atoms with van der Waals surface area (Å²) in [7, 11) is -4.37. The largest absolute Gasteiger partial charge is 0.480 e. The molecule has 1 rings (SSSR count). The number of thiophene rings is 1. The Kier molecular flexibility index (Phi) is 4.47. The van der Waals surface area contributed by atoms with Crippen molar-refractivity contribution in [2.75, 3.05) is 0 Å². The summed E-state index contributed by atoms with van der Waals surface area (Å²) in [5, 5.41) is 20.0. The van der Waals surface area contributed by atoms with Crippen molar-refractivity contribution in [2.45, 2.75) is 12.5 Å². The molecule has 0 spiro atoms. The Hall–Kier alpha value is -1.41. The Balaban J connectivity index is 2.82. The summed E-state index contributed by atoms with van der Waals surface area (Å²) >= 11 is 0.961. The zero-order chi connectivity index (χ0) is 13.9. The minimum absolute atomic E-state index is 0.174. The molecule has 0 radical (unpaired) electrons. The molecule has 0 unspecified atom stereocenters. The van der Waals surface area contributed by atoms with Crippen LogP contribution < -0.4 is 10.6 Å². The lowest BCUT2D eigenvalue weighted by Crippen LogP contribution is -2.41. The molecule has 0 aliphatic carbocycles. The molecule has 0 aromatic carbocycles. The lowest BCUT2D eigenvalue weighted by molar-refractivity contribution is -0.139. The third-order valence-corrected chi connectivity index (χ3v) is 4.04. The van der Waals surface area contributed by atoms with Crippen LogP contribution in [0.1, 0.15) is 4.88 Å². The fourth-order valence-electron chi connectivity index (χ4n) is 1.18. The van der Waals surface area contributed by atoms with Crippen molar-refractivity contribution in [1.82, 2.24) is 5.32 Å². The van der Waals surface area contributed by atoms with Crippen molar-refractivity contribution in [3.63, 3.8) is 0 Å². The van der Waals surface area contributed by atoms with E-state index in [1.807, 2.05) is 0 Å². The summed E-state index contributed by atoms with van der Waals surface area (Å²) in [6.45, 7) is 0. The van der Waals surface area contributed by atoms with E-state index in [0.717, 1.165) is 11.3 Å². The highest BCUT2D eigenvalue weighted by Gasteiger charge is 2.23. The Morgan fingerprint density at radius 1 is 1.39 bits per heavy atom. The SMILES string of the molecule is O=C(O)N[C@@H](Cc1cc(P(=O)(O)O)cs1)C(=O)O. The average molecular weight is 295 g/mol. The first kappa shape index (κ1) is 14.7. The third-order valence-electron chi connectivity index (χ3n) is 1.98. The standard InChI is InChI=1S/C8H10NO7PS/c10-7(11)6(9-8(12)13)2-5-1-4(3-18-5)17(14,15)16/h1,3,6,9H,2H2,(H,10,11)(H,12,13)(H2,14,15,16)/t6-/m0/s1. The van der Waals surface area contributed by atoms with Gasteiger partial charge in [-0.2, -0.15) is 0 Å². The van der Waals surface area contributed by atoms with Crippen LogP contribution >= 0.6 is 18.9 Å². The number of rotatable bonds is 5. The number of amides is 1. The topological polar surface area (TPSA) is 144 Å². The van der Waals surface area contributed by atoms with Crippen LogP contribution in [-0.4, -0.2) is 38.1 Å². The van der Waals surface area contributed by atoms with Gasteiger partial charge in [0.05, 0.1) is 5.30 Å². The highest BCUT2D eigenvalue weighted by molar-refractivity contribution is 7.60. The summed E-state index contributed by atoms with van der Waals surface area (Å²) in [5.41, 5.74) is 0. The van der Waals surface area contributed by atoms with Crippen molar-refractivity contribution in [3.05, 3.63) is 16.3 Å². The van der Waals surface area contributed by atoms with Gasteiger partial charge in [0.25, 0.3) is 0 Å². The maximum atomic E-state index is 10.9. The number of carboxylic acid groups (broad SMARTS) is 2. The molecule has 8 nitrogen and oxygen atoms in total. The van der Waals surface area contributed by atoms with Gasteiger partial charge < -0.3 is 25.3 Å². The van der Waals surface area contributed by atoms with Crippen molar-refractivity contribution in [3.8, 4) is 0 Å². The molecule has 1 heterocycles. The van der Waals surface area contributed by atoms with Crippen LogP contribution in [0.5, 0.6) is 0 Å². The van der Waals surface area contributed by atoms with E-state index in [-0.39, 0.29) is 11.7 Å². The first-order valence-corrected chi connectivity index (χ1v) is 7.05. The first-order chi connectivity index (χ1) is 8.20. The number of nitrogens with one attached hydrogen (secondary N) is 1. The number of hydrogen-bond donors (Lipinski definition) is 5. The smallest absolute Gasteiger partial charge is 0.405 e. The molecule has 1 aromatic heterocycles. The van der Waals surface area contributed by atoms with Crippen LogP contribution in [0.4, 0.5) is 4.79 Å². The van der Waals surface area contributed by atoms with E-state index in [0.29, 0.717) is 4.88 Å². The van der Waals surface area contributed by atoms with Gasteiger partial charge in [-0.3, -0.25) is 4.57 Å². The molecule has 0 saturated carbocycles. The van der Waals surface area contributed by atoms with Crippen LogP contribution in [0.25, 0.3) is 0 Å². The van der Waals surface area contributed by atoms with Gasteiger partial charge >= 0.3 is 19.7 Å². The van der Waals surface area contributed by atoms with E-state index in [9.17, 15) is 14.2 Å². The molecule has 10 heteroatoms. The van der Waals surface area contributed by atoms with Crippen LogP contribution in [0.3, 0.4) is 0 Å².